The maximum Gasteiger partial charge on any atom is 0.353 e. The van der Waals surface area contributed by atoms with Crippen molar-refractivity contribution in [3.8, 4) is 0 Å². The summed E-state index contributed by atoms with van der Waals surface area (Å²) in [5.41, 5.74) is -0.101. The molecule has 1 heterocycles. The van der Waals surface area contributed by atoms with E-state index in [2.05, 4.69) is 20.6 Å². The second kappa shape index (κ2) is 6.89. The Kier molecular flexibility index (Phi) is 5.47. The summed E-state index contributed by atoms with van der Waals surface area (Å²) in [6.07, 6.45) is 3.28. The summed E-state index contributed by atoms with van der Waals surface area (Å²) in [4.78, 5) is 18.3. The molecular weight excluding hydrogens is 242 g/mol. The Labute approximate surface area is 104 Å². The Balaban J connectivity index is 2.94. The molecule has 8 heteroatoms. The van der Waals surface area contributed by atoms with E-state index in [0.717, 1.165) is 5.75 Å². The number of nitro groups is 1. The molecule has 0 aliphatic rings. The van der Waals surface area contributed by atoms with Crippen molar-refractivity contribution < 1.29 is 4.92 Å². The van der Waals surface area contributed by atoms with E-state index in [9.17, 15) is 10.1 Å². The zero-order chi connectivity index (χ0) is 12.7. The SMILES string of the molecule is CCNc1ncnc(NCCSC)c1[N+](=O)[O-]. The number of aromatic nitrogens is 2. The molecule has 2 N–H and O–H groups in total. The maximum atomic E-state index is 11.0. The van der Waals surface area contributed by atoms with Gasteiger partial charge in [0.2, 0.25) is 11.6 Å². The highest BCUT2D eigenvalue weighted by molar-refractivity contribution is 7.98. The molecule has 0 fully saturated rings. The Morgan fingerprint density at radius 3 is 2.59 bits per heavy atom. The zero-order valence-electron chi connectivity index (χ0n) is 9.77. The minimum absolute atomic E-state index is 0.101. The van der Waals surface area contributed by atoms with Gasteiger partial charge in [0.15, 0.2) is 0 Å². The van der Waals surface area contributed by atoms with E-state index in [-0.39, 0.29) is 17.3 Å². The predicted octanol–water partition coefficient (Wildman–Crippen LogP) is 1.59. The van der Waals surface area contributed by atoms with E-state index >= 15 is 0 Å². The highest BCUT2D eigenvalue weighted by Crippen LogP contribution is 2.28. The fourth-order valence-corrected chi connectivity index (χ4v) is 1.56. The molecule has 0 aliphatic carbocycles. The second-order valence-corrected chi connectivity index (χ2v) is 4.11. The zero-order valence-corrected chi connectivity index (χ0v) is 10.6. The van der Waals surface area contributed by atoms with Crippen molar-refractivity contribution in [1.82, 2.24) is 9.97 Å². The molecule has 7 nitrogen and oxygen atoms in total. The van der Waals surface area contributed by atoms with E-state index in [4.69, 9.17) is 0 Å². The van der Waals surface area contributed by atoms with E-state index in [1.54, 1.807) is 11.8 Å². The van der Waals surface area contributed by atoms with Gasteiger partial charge in [-0.05, 0) is 13.2 Å². The Morgan fingerprint density at radius 2 is 2.06 bits per heavy atom. The van der Waals surface area contributed by atoms with E-state index in [1.165, 1.54) is 6.33 Å². The lowest BCUT2D eigenvalue weighted by Crippen LogP contribution is -2.11. The molecule has 94 valence electrons. The predicted molar refractivity (Wildman–Crippen MR) is 69.7 cm³/mol. The molecule has 0 aromatic carbocycles. The molecule has 0 saturated heterocycles. The van der Waals surface area contributed by atoms with Gasteiger partial charge in [-0.3, -0.25) is 10.1 Å². The van der Waals surface area contributed by atoms with Crippen molar-refractivity contribution in [3.63, 3.8) is 0 Å². The molecule has 1 aromatic heterocycles. The van der Waals surface area contributed by atoms with Crippen LogP contribution in [0.25, 0.3) is 0 Å². The molecule has 0 aliphatic heterocycles. The molecule has 0 radical (unpaired) electrons. The van der Waals surface area contributed by atoms with Crippen molar-refractivity contribution in [2.45, 2.75) is 6.92 Å². The first-order valence-electron chi connectivity index (χ1n) is 5.16. The number of nitrogens with zero attached hydrogens (tertiary/aromatic N) is 3. The summed E-state index contributed by atoms with van der Waals surface area (Å²) in [7, 11) is 0. The monoisotopic (exact) mass is 257 g/mol. The normalized spacial score (nSPS) is 10.0. The van der Waals surface area contributed by atoms with Crippen molar-refractivity contribution >= 4 is 29.1 Å². The molecule has 0 saturated carbocycles. The number of nitrogens with one attached hydrogen (secondary N) is 2. The number of rotatable bonds is 7. The van der Waals surface area contributed by atoms with Gasteiger partial charge in [0.25, 0.3) is 0 Å². The van der Waals surface area contributed by atoms with Crippen molar-refractivity contribution in [2.75, 3.05) is 35.7 Å². The third kappa shape index (κ3) is 3.74. The molecular formula is C9H15N5O2S. The Morgan fingerprint density at radius 1 is 1.41 bits per heavy atom. The first-order chi connectivity index (χ1) is 8.20. The molecule has 1 rings (SSSR count). The van der Waals surface area contributed by atoms with Gasteiger partial charge in [0, 0.05) is 18.8 Å². The first-order valence-corrected chi connectivity index (χ1v) is 6.56. The lowest BCUT2D eigenvalue weighted by atomic mass is 10.4. The van der Waals surface area contributed by atoms with Crippen molar-refractivity contribution in [3.05, 3.63) is 16.4 Å². The summed E-state index contributed by atoms with van der Waals surface area (Å²) >= 11 is 1.66. The maximum absolute atomic E-state index is 11.0. The largest absolute Gasteiger partial charge is 0.364 e. The van der Waals surface area contributed by atoms with Crippen LogP contribution in [0.5, 0.6) is 0 Å². The summed E-state index contributed by atoms with van der Waals surface area (Å²) in [5, 5.41) is 16.8. The summed E-state index contributed by atoms with van der Waals surface area (Å²) in [6.45, 7) is 3.05. The topological polar surface area (TPSA) is 93.0 Å². The number of hydrogen-bond donors (Lipinski definition) is 2. The molecule has 0 atom stereocenters. The number of anilines is 2. The van der Waals surface area contributed by atoms with E-state index in [0.29, 0.717) is 13.1 Å². The van der Waals surface area contributed by atoms with Crippen LogP contribution >= 0.6 is 11.8 Å². The average molecular weight is 257 g/mol. The van der Waals surface area contributed by atoms with Gasteiger partial charge in [-0.2, -0.15) is 11.8 Å². The summed E-state index contributed by atoms with van der Waals surface area (Å²) < 4.78 is 0. The third-order valence-electron chi connectivity index (χ3n) is 1.95. The quantitative estimate of drug-likeness (QED) is 0.435. The lowest BCUT2D eigenvalue weighted by Gasteiger charge is -2.08. The van der Waals surface area contributed by atoms with E-state index in [1.807, 2.05) is 13.2 Å². The average Bonchev–Trinajstić information content (AvgIpc) is 2.29. The van der Waals surface area contributed by atoms with Gasteiger partial charge in [-0.25, -0.2) is 9.97 Å². The smallest absolute Gasteiger partial charge is 0.353 e. The standard InChI is InChI=1S/C9H15N5O2S/c1-3-10-8-7(14(15)16)9(13-6-12-8)11-4-5-17-2/h6H,3-5H2,1-2H3,(H2,10,11,12,13). The van der Waals surface area contributed by atoms with Crippen LogP contribution in [0.4, 0.5) is 17.3 Å². The fourth-order valence-electron chi connectivity index (χ4n) is 1.25. The lowest BCUT2D eigenvalue weighted by molar-refractivity contribution is -0.383. The first kappa shape index (κ1) is 13.5. The van der Waals surface area contributed by atoms with Crippen LogP contribution in [0, 0.1) is 10.1 Å². The van der Waals surface area contributed by atoms with Crippen molar-refractivity contribution in [2.24, 2.45) is 0 Å². The van der Waals surface area contributed by atoms with Gasteiger partial charge in [-0.1, -0.05) is 0 Å². The summed E-state index contributed by atoms with van der Waals surface area (Å²) in [5.74, 6) is 1.37. The van der Waals surface area contributed by atoms with Gasteiger partial charge < -0.3 is 10.6 Å². The third-order valence-corrected chi connectivity index (χ3v) is 2.56. The Bertz CT molecular complexity index is 388. The number of hydrogen-bond acceptors (Lipinski definition) is 7. The van der Waals surface area contributed by atoms with Gasteiger partial charge in [0.1, 0.15) is 6.33 Å². The van der Waals surface area contributed by atoms with Gasteiger partial charge in [0.05, 0.1) is 4.92 Å². The van der Waals surface area contributed by atoms with Crippen LogP contribution in [-0.4, -0.2) is 40.0 Å². The molecule has 0 unspecified atom stereocenters. The van der Waals surface area contributed by atoms with Crippen LogP contribution in [0.3, 0.4) is 0 Å². The van der Waals surface area contributed by atoms with Crippen LogP contribution in [0.1, 0.15) is 6.92 Å². The van der Waals surface area contributed by atoms with Crippen LogP contribution in [-0.2, 0) is 0 Å². The van der Waals surface area contributed by atoms with E-state index < -0.39 is 4.92 Å². The molecule has 0 amide bonds. The summed E-state index contributed by atoms with van der Waals surface area (Å²) in [6, 6.07) is 0. The van der Waals surface area contributed by atoms with Crippen LogP contribution in [0.15, 0.2) is 6.33 Å². The molecule has 17 heavy (non-hydrogen) atoms. The highest BCUT2D eigenvalue weighted by Gasteiger charge is 2.21. The number of thioether (sulfide) groups is 1. The molecule has 0 bridgehead atoms. The Hall–Kier alpha value is -1.57. The van der Waals surface area contributed by atoms with Gasteiger partial charge >= 0.3 is 5.69 Å². The highest BCUT2D eigenvalue weighted by atomic mass is 32.2. The fraction of sp³-hybridized carbons (Fsp3) is 0.556. The minimum Gasteiger partial charge on any atom is -0.364 e. The molecule has 1 aromatic rings. The second-order valence-electron chi connectivity index (χ2n) is 3.13. The van der Waals surface area contributed by atoms with Gasteiger partial charge in [-0.15, -0.1) is 0 Å². The molecule has 0 spiro atoms. The van der Waals surface area contributed by atoms with Crippen LogP contribution in [0.2, 0.25) is 0 Å². The van der Waals surface area contributed by atoms with Crippen molar-refractivity contribution in [1.29, 1.82) is 0 Å². The van der Waals surface area contributed by atoms with Crippen LogP contribution < -0.4 is 10.6 Å². The minimum atomic E-state index is -0.473.